The molecular weight excluding hydrogens is 807 g/mol. The molecule has 0 aliphatic heterocycles. The monoisotopic (exact) mass is 930 g/mol. The Labute approximate surface area is 416 Å². The third kappa shape index (κ3) is 54.1. The maximum Gasteiger partial charge on any atom is 0.220 e. The highest BCUT2D eigenvalue weighted by atomic mass is 16.3. The lowest BCUT2D eigenvalue weighted by Gasteiger charge is -2.22. The molecule has 0 bridgehead atoms. The SMILES string of the molecule is CCCCCCCCCCCCCCCCCC/C=C\CCCCCCCCCCCCCCCCCCCC(=O)NC(CO)C(O)CCCCCCCCCCCCCCCCCCC. The molecule has 0 aromatic rings. The second-order valence-corrected chi connectivity index (χ2v) is 21.5. The van der Waals surface area contributed by atoms with Crippen LogP contribution in [0.5, 0.6) is 0 Å². The first-order chi connectivity index (χ1) is 32.7. The Morgan fingerprint density at radius 3 is 0.833 bits per heavy atom. The van der Waals surface area contributed by atoms with Crippen molar-refractivity contribution in [1.29, 1.82) is 0 Å². The molecule has 394 valence electrons. The van der Waals surface area contributed by atoms with E-state index in [4.69, 9.17) is 0 Å². The van der Waals surface area contributed by atoms with E-state index >= 15 is 0 Å². The molecule has 4 nitrogen and oxygen atoms in total. The molecule has 0 fully saturated rings. The van der Waals surface area contributed by atoms with E-state index in [0.717, 1.165) is 25.7 Å². The normalized spacial score (nSPS) is 12.7. The predicted octanol–water partition coefficient (Wildman–Crippen LogP) is 20.5. The Bertz CT molecular complexity index is 921. The minimum absolute atomic E-state index is 0.0236. The molecule has 2 atom stereocenters. The van der Waals surface area contributed by atoms with Gasteiger partial charge >= 0.3 is 0 Å². The fourth-order valence-corrected chi connectivity index (χ4v) is 10.1. The van der Waals surface area contributed by atoms with Gasteiger partial charge in [-0.15, -0.1) is 0 Å². The van der Waals surface area contributed by atoms with Crippen LogP contribution in [0.2, 0.25) is 0 Å². The second-order valence-electron chi connectivity index (χ2n) is 21.5. The second kappa shape index (κ2) is 58.4. The molecule has 66 heavy (non-hydrogen) atoms. The molecule has 0 radical (unpaired) electrons. The summed E-state index contributed by atoms with van der Waals surface area (Å²) in [6.45, 7) is 4.40. The summed E-state index contributed by atoms with van der Waals surface area (Å²) >= 11 is 0. The molecule has 2 unspecified atom stereocenters. The van der Waals surface area contributed by atoms with E-state index in [1.807, 2.05) is 0 Å². The topological polar surface area (TPSA) is 69.6 Å². The molecule has 3 N–H and O–H groups in total. The van der Waals surface area contributed by atoms with Crippen molar-refractivity contribution < 1.29 is 15.0 Å². The summed E-state index contributed by atoms with van der Waals surface area (Å²) in [6.07, 6.45) is 76.7. The molecule has 0 heterocycles. The lowest BCUT2D eigenvalue weighted by molar-refractivity contribution is -0.123. The van der Waals surface area contributed by atoms with Crippen LogP contribution in [0.15, 0.2) is 12.2 Å². The zero-order valence-corrected chi connectivity index (χ0v) is 45.5. The van der Waals surface area contributed by atoms with Crippen LogP contribution in [-0.2, 0) is 4.79 Å². The highest BCUT2D eigenvalue weighted by Crippen LogP contribution is 2.18. The fourth-order valence-electron chi connectivity index (χ4n) is 10.1. The van der Waals surface area contributed by atoms with Crippen LogP contribution in [0.1, 0.15) is 361 Å². The number of hydrogen-bond donors (Lipinski definition) is 3. The van der Waals surface area contributed by atoms with Crippen molar-refractivity contribution in [2.45, 2.75) is 373 Å². The van der Waals surface area contributed by atoms with Gasteiger partial charge in [-0.3, -0.25) is 4.79 Å². The molecular formula is C62H123NO3. The first-order valence-electron chi connectivity index (χ1n) is 30.9. The molecule has 0 rings (SSSR count). The predicted molar refractivity (Wildman–Crippen MR) is 295 cm³/mol. The number of carbonyl (C=O) groups is 1. The van der Waals surface area contributed by atoms with Crippen LogP contribution in [0.25, 0.3) is 0 Å². The van der Waals surface area contributed by atoms with Crippen molar-refractivity contribution in [3.8, 4) is 0 Å². The smallest absolute Gasteiger partial charge is 0.220 e. The van der Waals surface area contributed by atoms with Crippen LogP contribution in [-0.4, -0.2) is 34.9 Å². The molecule has 0 saturated heterocycles. The van der Waals surface area contributed by atoms with Gasteiger partial charge in [-0.1, -0.05) is 328 Å². The van der Waals surface area contributed by atoms with Gasteiger partial charge in [-0.2, -0.15) is 0 Å². The average molecular weight is 931 g/mol. The summed E-state index contributed by atoms with van der Waals surface area (Å²) in [4.78, 5) is 12.5. The maximum absolute atomic E-state index is 12.5. The van der Waals surface area contributed by atoms with E-state index in [1.165, 1.54) is 308 Å². The van der Waals surface area contributed by atoms with E-state index in [0.29, 0.717) is 12.8 Å². The Kier molecular flexibility index (Phi) is 57.7. The van der Waals surface area contributed by atoms with Crippen LogP contribution < -0.4 is 5.32 Å². The number of rotatable bonds is 58. The van der Waals surface area contributed by atoms with Gasteiger partial charge in [0.05, 0.1) is 18.8 Å². The molecule has 0 saturated carbocycles. The minimum Gasteiger partial charge on any atom is -0.394 e. The molecule has 0 aromatic heterocycles. The molecule has 0 aliphatic carbocycles. The van der Waals surface area contributed by atoms with E-state index in [2.05, 4.69) is 31.3 Å². The molecule has 0 aromatic carbocycles. The van der Waals surface area contributed by atoms with Crippen LogP contribution in [0.4, 0.5) is 0 Å². The third-order valence-corrected chi connectivity index (χ3v) is 14.8. The average Bonchev–Trinajstić information content (AvgIpc) is 3.32. The highest BCUT2D eigenvalue weighted by Gasteiger charge is 2.20. The number of allylic oxidation sites excluding steroid dienone is 2. The Balaban J connectivity index is 3.36. The van der Waals surface area contributed by atoms with Crippen LogP contribution >= 0.6 is 0 Å². The lowest BCUT2D eigenvalue weighted by atomic mass is 10.0. The Morgan fingerprint density at radius 1 is 0.348 bits per heavy atom. The molecule has 0 aliphatic rings. The van der Waals surface area contributed by atoms with E-state index < -0.39 is 12.1 Å². The summed E-state index contributed by atoms with van der Waals surface area (Å²) in [5.74, 6) is -0.0236. The number of hydrogen-bond acceptors (Lipinski definition) is 3. The first-order valence-corrected chi connectivity index (χ1v) is 30.9. The van der Waals surface area contributed by atoms with Gasteiger partial charge in [-0.05, 0) is 38.5 Å². The van der Waals surface area contributed by atoms with Gasteiger partial charge < -0.3 is 15.5 Å². The third-order valence-electron chi connectivity index (χ3n) is 14.8. The summed E-state index contributed by atoms with van der Waals surface area (Å²) in [5, 5.41) is 23.3. The highest BCUT2D eigenvalue weighted by molar-refractivity contribution is 5.76. The lowest BCUT2D eigenvalue weighted by Crippen LogP contribution is -2.45. The van der Waals surface area contributed by atoms with Crippen molar-refractivity contribution in [1.82, 2.24) is 5.32 Å². The fraction of sp³-hybridized carbons (Fsp3) is 0.952. The maximum atomic E-state index is 12.5. The summed E-state index contributed by atoms with van der Waals surface area (Å²) in [6, 6.07) is -0.533. The van der Waals surface area contributed by atoms with Gasteiger partial charge in [0.2, 0.25) is 5.91 Å². The summed E-state index contributed by atoms with van der Waals surface area (Å²) in [5.41, 5.74) is 0. The van der Waals surface area contributed by atoms with Crippen molar-refractivity contribution in [3.63, 3.8) is 0 Å². The van der Waals surface area contributed by atoms with Gasteiger partial charge in [0.1, 0.15) is 0 Å². The number of aliphatic hydroxyl groups is 2. The molecule has 0 spiro atoms. The molecule has 4 heteroatoms. The number of amides is 1. The minimum atomic E-state index is -0.656. The summed E-state index contributed by atoms with van der Waals surface area (Å²) in [7, 11) is 0. The number of unbranched alkanes of at least 4 members (excludes halogenated alkanes) is 49. The quantitative estimate of drug-likeness (QED) is 0.0420. The van der Waals surface area contributed by atoms with Crippen molar-refractivity contribution in [3.05, 3.63) is 12.2 Å². The standard InChI is InChI=1S/C62H123NO3/c1-3-5-7-9-11-13-15-17-19-21-22-23-24-25-26-27-28-29-30-31-32-33-34-35-36-37-38-39-40-42-44-46-48-50-52-54-56-58-62(66)63-60(59-64)61(65)57-55-53-51-49-47-45-43-41-20-18-16-14-12-10-8-6-4-2/h29-30,60-61,64-65H,3-28,31-59H2,1-2H3,(H,63,66)/b30-29-. The van der Waals surface area contributed by atoms with Crippen molar-refractivity contribution in [2.75, 3.05) is 6.61 Å². The van der Waals surface area contributed by atoms with Crippen molar-refractivity contribution >= 4 is 5.91 Å². The Morgan fingerprint density at radius 2 is 0.576 bits per heavy atom. The Hall–Kier alpha value is -0.870. The van der Waals surface area contributed by atoms with Crippen molar-refractivity contribution in [2.24, 2.45) is 0 Å². The number of carbonyl (C=O) groups excluding carboxylic acids is 1. The van der Waals surface area contributed by atoms with Gasteiger partial charge in [0, 0.05) is 6.42 Å². The van der Waals surface area contributed by atoms with E-state index in [-0.39, 0.29) is 12.5 Å². The molecule has 1 amide bonds. The van der Waals surface area contributed by atoms with Crippen LogP contribution in [0, 0.1) is 0 Å². The summed E-state index contributed by atoms with van der Waals surface area (Å²) < 4.78 is 0. The van der Waals surface area contributed by atoms with Gasteiger partial charge in [0.25, 0.3) is 0 Å². The van der Waals surface area contributed by atoms with Gasteiger partial charge in [-0.25, -0.2) is 0 Å². The largest absolute Gasteiger partial charge is 0.394 e. The first kappa shape index (κ1) is 65.1. The number of nitrogens with one attached hydrogen (secondary N) is 1. The number of aliphatic hydroxyl groups excluding tert-OH is 2. The zero-order chi connectivity index (χ0) is 47.7. The zero-order valence-electron chi connectivity index (χ0n) is 45.5. The van der Waals surface area contributed by atoms with E-state index in [9.17, 15) is 15.0 Å². The van der Waals surface area contributed by atoms with Gasteiger partial charge in [0.15, 0.2) is 0 Å². The van der Waals surface area contributed by atoms with Crippen LogP contribution in [0.3, 0.4) is 0 Å². The van der Waals surface area contributed by atoms with E-state index in [1.54, 1.807) is 0 Å².